The molecule has 0 fully saturated rings. The quantitative estimate of drug-likeness (QED) is 0.402. The van der Waals surface area contributed by atoms with Crippen molar-refractivity contribution in [3.8, 4) is 0 Å². The van der Waals surface area contributed by atoms with Gasteiger partial charge in [0.25, 0.3) is 0 Å². The van der Waals surface area contributed by atoms with E-state index in [1.807, 2.05) is 0 Å². The highest BCUT2D eigenvalue weighted by Crippen LogP contribution is 2.31. The van der Waals surface area contributed by atoms with Crippen LogP contribution in [-0.4, -0.2) is 33.0 Å². The molecular formula is C22H26N8. The van der Waals surface area contributed by atoms with Crippen LogP contribution in [0.15, 0.2) is 48.7 Å². The molecule has 2 aromatic carbocycles. The summed E-state index contributed by atoms with van der Waals surface area (Å²) in [7, 11) is 0. The second kappa shape index (κ2) is 8.46. The van der Waals surface area contributed by atoms with Gasteiger partial charge in [-0.05, 0) is 42.6 Å². The van der Waals surface area contributed by atoms with Crippen LogP contribution in [0.3, 0.4) is 0 Å². The second-order valence-corrected chi connectivity index (χ2v) is 7.31. The van der Waals surface area contributed by atoms with Crippen molar-refractivity contribution in [2.24, 2.45) is 5.73 Å². The lowest BCUT2D eigenvalue weighted by atomic mass is 9.98. The van der Waals surface area contributed by atoms with Gasteiger partial charge in [-0.2, -0.15) is 15.0 Å². The molecule has 2 heterocycles. The van der Waals surface area contributed by atoms with Crippen LogP contribution in [-0.2, 0) is 0 Å². The number of fused-ring (bicyclic) bond motifs is 2. The molecule has 8 nitrogen and oxygen atoms in total. The number of unbranched alkanes of at least 4 members (excludes halogenated alkanes) is 1. The van der Waals surface area contributed by atoms with E-state index in [4.69, 9.17) is 17.2 Å². The van der Waals surface area contributed by atoms with Gasteiger partial charge in [0, 0.05) is 12.7 Å². The molecule has 4 aromatic rings. The van der Waals surface area contributed by atoms with Gasteiger partial charge in [-0.1, -0.05) is 42.5 Å². The number of anilines is 3. The third kappa shape index (κ3) is 3.81. The number of nitrogen functional groups attached to an aromatic ring is 2. The van der Waals surface area contributed by atoms with Crippen LogP contribution in [0.1, 0.15) is 31.4 Å². The monoisotopic (exact) mass is 402 g/mol. The van der Waals surface area contributed by atoms with E-state index in [0.29, 0.717) is 23.5 Å². The number of hydrogen-bond donors (Lipinski definition) is 3. The van der Waals surface area contributed by atoms with Gasteiger partial charge < -0.3 is 22.1 Å². The van der Waals surface area contributed by atoms with E-state index in [1.54, 1.807) is 6.20 Å². The normalized spacial score (nSPS) is 12.3. The van der Waals surface area contributed by atoms with E-state index < -0.39 is 0 Å². The Kier molecular flexibility index (Phi) is 5.58. The standard InChI is InChI=1S/C22H26N8/c1-14(16-10-6-8-15-7-2-3-9-17(15)16)30(12-5-4-11-23)22-26-13-18-19(24)27-21(25)28-20(18)29-22/h2-3,6-10,13-14H,4-5,11-12,23H2,1H3,(H4,24,25,26,27,28,29)/t14-/m1/s1. The van der Waals surface area contributed by atoms with Gasteiger partial charge in [-0.25, -0.2) is 4.98 Å². The Morgan fingerprint density at radius 3 is 2.57 bits per heavy atom. The van der Waals surface area contributed by atoms with Crippen LogP contribution in [0.25, 0.3) is 21.8 Å². The molecule has 8 heteroatoms. The molecule has 0 saturated carbocycles. The predicted molar refractivity (Wildman–Crippen MR) is 122 cm³/mol. The van der Waals surface area contributed by atoms with Crippen molar-refractivity contribution in [2.75, 3.05) is 29.5 Å². The lowest BCUT2D eigenvalue weighted by molar-refractivity contribution is 0.614. The van der Waals surface area contributed by atoms with E-state index in [-0.39, 0.29) is 17.8 Å². The maximum Gasteiger partial charge on any atom is 0.227 e. The molecule has 0 saturated heterocycles. The first-order valence-electron chi connectivity index (χ1n) is 10.1. The van der Waals surface area contributed by atoms with Crippen molar-refractivity contribution in [1.82, 2.24) is 19.9 Å². The fraction of sp³-hybridized carbons (Fsp3) is 0.273. The van der Waals surface area contributed by atoms with Gasteiger partial charge in [-0.3, -0.25) is 0 Å². The van der Waals surface area contributed by atoms with E-state index in [0.717, 1.165) is 19.4 Å². The van der Waals surface area contributed by atoms with Crippen LogP contribution < -0.4 is 22.1 Å². The highest BCUT2D eigenvalue weighted by atomic mass is 15.3. The molecule has 0 aliphatic carbocycles. The zero-order valence-corrected chi connectivity index (χ0v) is 17.0. The van der Waals surface area contributed by atoms with Gasteiger partial charge >= 0.3 is 0 Å². The zero-order valence-electron chi connectivity index (χ0n) is 17.0. The molecule has 0 spiro atoms. The predicted octanol–water partition coefficient (Wildman–Crippen LogP) is 3.04. The zero-order chi connectivity index (χ0) is 21.1. The summed E-state index contributed by atoms with van der Waals surface area (Å²) in [6.07, 6.45) is 3.52. The van der Waals surface area contributed by atoms with Gasteiger partial charge in [-0.15, -0.1) is 0 Å². The Labute approximate surface area is 175 Å². The van der Waals surface area contributed by atoms with Crippen LogP contribution >= 0.6 is 0 Å². The number of aromatic nitrogens is 4. The topological polar surface area (TPSA) is 133 Å². The second-order valence-electron chi connectivity index (χ2n) is 7.31. The minimum absolute atomic E-state index is 0.0443. The average molecular weight is 403 g/mol. The Bertz CT molecular complexity index is 1170. The molecule has 0 aliphatic rings. The SMILES string of the molecule is C[C@H](c1cccc2ccccc12)N(CCCCN)c1ncc2c(N)nc(N)nc2n1. The molecule has 0 aliphatic heterocycles. The summed E-state index contributed by atoms with van der Waals surface area (Å²) in [6, 6.07) is 14.8. The van der Waals surface area contributed by atoms with Gasteiger partial charge in [0.05, 0.1) is 11.4 Å². The van der Waals surface area contributed by atoms with Crippen LogP contribution in [0.2, 0.25) is 0 Å². The molecule has 0 radical (unpaired) electrons. The Hall–Kier alpha value is -3.52. The maximum absolute atomic E-state index is 5.96. The summed E-state index contributed by atoms with van der Waals surface area (Å²) in [5.41, 5.74) is 19.1. The molecule has 154 valence electrons. The van der Waals surface area contributed by atoms with Gasteiger partial charge in [0.15, 0.2) is 5.65 Å². The first-order valence-corrected chi connectivity index (χ1v) is 10.1. The van der Waals surface area contributed by atoms with Crippen molar-refractivity contribution in [3.05, 3.63) is 54.2 Å². The van der Waals surface area contributed by atoms with Crippen molar-refractivity contribution in [2.45, 2.75) is 25.8 Å². The fourth-order valence-corrected chi connectivity index (χ4v) is 3.76. The van der Waals surface area contributed by atoms with Gasteiger partial charge in [0.1, 0.15) is 5.82 Å². The summed E-state index contributed by atoms with van der Waals surface area (Å²) in [5.74, 6) is 0.958. The Morgan fingerprint density at radius 2 is 1.73 bits per heavy atom. The summed E-state index contributed by atoms with van der Waals surface area (Å²) < 4.78 is 0. The molecule has 0 amide bonds. The van der Waals surface area contributed by atoms with Crippen molar-refractivity contribution < 1.29 is 0 Å². The molecule has 6 N–H and O–H groups in total. The highest BCUT2D eigenvalue weighted by Gasteiger charge is 2.21. The number of nitrogens with zero attached hydrogens (tertiary/aromatic N) is 5. The van der Waals surface area contributed by atoms with E-state index in [1.165, 1.54) is 16.3 Å². The first kappa shape index (κ1) is 19.8. The number of benzene rings is 2. The molecule has 30 heavy (non-hydrogen) atoms. The number of nitrogens with two attached hydrogens (primary N) is 3. The van der Waals surface area contributed by atoms with Crippen molar-refractivity contribution in [3.63, 3.8) is 0 Å². The Balaban J connectivity index is 1.78. The first-order chi connectivity index (χ1) is 14.6. The minimum atomic E-state index is 0.0443. The van der Waals surface area contributed by atoms with Crippen LogP contribution in [0.4, 0.5) is 17.7 Å². The molecule has 2 aromatic heterocycles. The van der Waals surface area contributed by atoms with E-state index >= 15 is 0 Å². The summed E-state index contributed by atoms with van der Waals surface area (Å²) in [5, 5.41) is 3.01. The highest BCUT2D eigenvalue weighted by molar-refractivity contribution is 5.87. The van der Waals surface area contributed by atoms with Crippen LogP contribution in [0, 0.1) is 0 Å². The average Bonchev–Trinajstić information content (AvgIpc) is 2.75. The molecule has 0 bridgehead atoms. The summed E-state index contributed by atoms with van der Waals surface area (Å²) in [6.45, 7) is 3.58. The van der Waals surface area contributed by atoms with Crippen molar-refractivity contribution in [1.29, 1.82) is 0 Å². The largest absolute Gasteiger partial charge is 0.383 e. The summed E-state index contributed by atoms with van der Waals surface area (Å²) in [4.78, 5) is 19.7. The van der Waals surface area contributed by atoms with Crippen LogP contribution in [0.5, 0.6) is 0 Å². The smallest absolute Gasteiger partial charge is 0.227 e. The fourth-order valence-electron chi connectivity index (χ4n) is 3.76. The number of hydrogen-bond acceptors (Lipinski definition) is 8. The molecule has 0 unspecified atom stereocenters. The minimum Gasteiger partial charge on any atom is -0.383 e. The van der Waals surface area contributed by atoms with E-state index in [2.05, 4.69) is 74.2 Å². The molecular weight excluding hydrogens is 376 g/mol. The van der Waals surface area contributed by atoms with Gasteiger partial charge in [0.2, 0.25) is 11.9 Å². The maximum atomic E-state index is 5.96. The number of rotatable bonds is 7. The third-order valence-electron chi connectivity index (χ3n) is 5.34. The lowest BCUT2D eigenvalue weighted by Gasteiger charge is -2.30. The Morgan fingerprint density at radius 1 is 0.933 bits per heavy atom. The summed E-state index contributed by atoms with van der Waals surface area (Å²) >= 11 is 0. The van der Waals surface area contributed by atoms with E-state index in [9.17, 15) is 0 Å². The van der Waals surface area contributed by atoms with Crippen molar-refractivity contribution >= 4 is 39.5 Å². The molecule has 4 rings (SSSR count). The molecule has 1 atom stereocenters. The lowest BCUT2D eigenvalue weighted by Crippen LogP contribution is -2.30. The third-order valence-corrected chi connectivity index (χ3v) is 5.34.